The highest BCUT2D eigenvalue weighted by atomic mass is 32.2. The molecule has 28 heavy (non-hydrogen) atoms. The summed E-state index contributed by atoms with van der Waals surface area (Å²) in [6.07, 6.45) is 6.56. The molecule has 1 aromatic rings. The van der Waals surface area contributed by atoms with Crippen molar-refractivity contribution >= 4 is 15.7 Å². The highest BCUT2D eigenvalue weighted by Gasteiger charge is 2.56. The molecule has 4 rings (SSSR count). The van der Waals surface area contributed by atoms with Gasteiger partial charge in [0.05, 0.1) is 23.6 Å². The first-order chi connectivity index (χ1) is 13.4. The van der Waals surface area contributed by atoms with E-state index in [0.29, 0.717) is 30.9 Å². The number of morpholine rings is 1. The van der Waals surface area contributed by atoms with E-state index < -0.39 is 14.6 Å². The van der Waals surface area contributed by atoms with Crippen molar-refractivity contribution in [1.29, 1.82) is 0 Å². The summed E-state index contributed by atoms with van der Waals surface area (Å²) in [6, 6.07) is 5.54. The summed E-state index contributed by atoms with van der Waals surface area (Å²) in [4.78, 5) is 16.1. The molecule has 0 N–H and O–H groups in total. The number of ether oxygens (including phenoxy) is 1. The van der Waals surface area contributed by atoms with Gasteiger partial charge in [-0.1, -0.05) is 37.8 Å². The van der Waals surface area contributed by atoms with Crippen molar-refractivity contribution in [3.8, 4) is 0 Å². The molecule has 1 saturated heterocycles. The Balaban J connectivity index is 1.75. The second-order valence-corrected chi connectivity index (χ2v) is 11.0. The summed E-state index contributed by atoms with van der Waals surface area (Å²) in [5.74, 6) is -0.175. The molecule has 3 aliphatic rings. The number of carbonyl (C=O) groups excluding carboxylic acids is 1. The molecule has 1 heterocycles. The van der Waals surface area contributed by atoms with E-state index in [2.05, 4.69) is 0 Å². The van der Waals surface area contributed by atoms with E-state index in [1.807, 2.05) is 30.9 Å². The fourth-order valence-corrected chi connectivity index (χ4v) is 7.79. The zero-order valence-electron chi connectivity index (χ0n) is 16.9. The Morgan fingerprint density at radius 2 is 1.82 bits per heavy atom. The van der Waals surface area contributed by atoms with Crippen molar-refractivity contribution in [2.24, 2.45) is 0 Å². The smallest absolute Gasteiger partial charge is 0.244 e. The number of benzene rings is 1. The molecule has 2 atom stereocenters. The van der Waals surface area contributed by atoms with E-state index in [1.54, 1.807) is 6.07 Å². The minimum atomic E-state index is -3.77. The number of amides is 1. The van der Waals surface area contributed by atoms with Gasteiger partial charge in [0.2, 0.25) is 5.91 Å². The van der Waals surface area contributed by atoms with Crippen LogP contribution in [-0.2, 0) is 19.4 Å². The molecule has 5 nitrogen and oxygen atoms in total. The number of nitrogens with zero attached hydrogens (tertiary/aromatic N) is 1. The predicted molar refractivity (Wildman–Crippen MR) is 108 cm³/mol. The molecule has 154 valence electrons. The first-order valence-corrected chi connectivity index (χ1v) is 12.1. The van der Waals surface area contributed by atoms with Gasteiger partial charge in [-0.2, -0.15) is 0 Å². The molecule has 0 spiro atoms. The molecule has 2 unspecified atom stereocenters. The third-order valence-electron chi connectivity index (χ3n) is 6.94. The maximum absolute atomic E-state index is 13.9. The van der Waals surface area contributed by atoms with Crippen molar-refractivity contribution in [3.63, 3.8) is 0 Å². The number of sulfone groups is 1. The number of aryl methyl sites for hydroxylation is 2. The van der Waals surface area contributed by atoms with Gasteiger partial charge in [0.15, 0.2) is 14.6 Å². The molecule has 1 aliphatic heterocycles. The third kappa shape index (κ3) is 3.09. The van der Waals surface area contributed by atoms with Gasteiger partial charge in [0.25, 0.3) is 0 Å². The second-order valence-electron chi connectivity index (χ2n) is 8.73. The Morgan fingerprint density at radius 1 is 1.11 bits per heavy atom. The maximum atomic E-state index is 13.9. The van der Waals surface area contributed by atoms with Crippen LogP contribution in [0.3, 0.4) is 0 Å². The lowest BCUT2D eigenvalue weighted by atomic mass is 9.89. The number of hydrogen-bond donors (Lipinski definition) is 0. The van der Waals surface area contributed by atoms with Gasteiger partial charge in [0, 0.05) is 6.54 Å². The molecule has 6 heteroatoms. The average Bonchev–Trinajstić information content (AvgIpc) is 3.20. The minimum Gasteiger partial charge on any atom is -0.374 e. The normalized spacial score (nSPS) is 27.4. The van der Waals surface area contributed by atoms with Crippen LogP contribution in [0.4, 0.5) is 0 Å². The molecule has 1 aromatic carbocycles. The van der Waals surface area contributed by atoms with Gasteiger partial charge in [0.1, 0.15) is 0 Å². The van der Waals surface area contributed by atoms with Crippen LogP contribution in [0.1, 0.15) is 62.5 Å². The van der Waals surface area contributed by atoms with E-state index in [1.165, 1.54) is 0 Å². The number of rotatable bonds is 3. The zero-order chi connectivity index (χ0) is 19.9. The largest absolute Gasteiger partial charge is 0.374 e. The highest BCUT2D eigenvalue weighted by Crippen LogP contribution is 2.44. The molecular weight excluding hydrogens is 374 g/mol. The van der Waals surface area contributed by atoms with Gasteiger partial charge in [-0.25, -0.2) is 8.42 Å². The second kappa shape index (κ2) is 7.45. The summed E-state index contributed by atoms with van der Waals surface area (Å²) in [7, 11) is -3.77. The van der Waals surface area contributed by atoms with Crippen molar-refractivity contribution in [3.05, 3.63) is 29.3 Å². The molecule has 0 radical (unpaired) electrons. The molecule has 0 bridgehead atoms. The topological polar surface area (TPSA) is 63.7 Å². The molecule has 2 saturated carbocycles. The van der Waals surface area contributed by atoms with Crippen LogP contribution in [0.5, 0.6) is 0 Å². The van der Waals surface area contributed by atoms with E-state index in [9.17, 15) is 13.2 Å². The fourth-order valence-electron chi connectivity index (χ4n) is 5.36. The van der Waals surface area contributed by atoms with Crippen LogP contribution >= 0.6 is 0 Å². The van der Waals surface area contributed by atoms with E-state index in [4.69, 9.17) is 4.74 Å². The Morgan fingerprint density at radius 3 is 2.57 bits per heavy atom. The van der Waals surface area contributed by atoms with Crippen LogP contribution in [0, 0.1) is 13.8 Å². The Bertz CT molecular complexity index is 855. The van der Waals surface area contributed by atoms with Crippen molar-refractivity contribution in [1.82, 2.24) is 4.90 Å². The van der Waals surface area contributed by atoms with Crippen molar-refractivity contribution in [2.75, 3.05) is 13.2 Å². The van der Waals surface area contributed by atoms with Crippen LogP contribution in [0.15, 0.2) is 23.1 Å². The SMILES string of the molecule is Cc1ccc(C)c(S(=O)(=O)C2(C(=O)N3CCOC4CCCCC43)CCCC2)c1. The Hall–Kier alpha value is -1.40. The predicted octanol–water partition coefficient (Wildman–Crippen LogP) is 3.56. The third-order valence-corrected chi connectivity index (χ3v) is 9.57. The summed E-state index contributed by atoms with van der Waals surface area (Å²) < 4.78 is 32.4. The van der Waals surface area contributed by atoms with Crippen LogP contribution in [0.2, 0.25) is 0 Å². The zero-order valence-corrected chi connectivity index (χ0v) is 17.8. The summed E-state index contributed by atoms with van der Waals surface area (Å²) >= 11 is 0. The first kappa shape index (κ1) is 19.9. The van der Waals surface area contributed by atoms with E-state index in [-0.39, 0.29) is 18.1 Å². The van der Waals surface area contributed by atoms with E-state index >= 15 is 0 Å². The number of hydrogen-bond acceptors (Lipinski definition) is 4. The lowest BCUT2D eigenvalue weighted by Gasteiger charge is -2.46. The van der Waals surface area contributed by atoms with Crippen LogP contribution < -0.4 is 0 Å². The fraction of sp³-hybridized carbons (Fsp3) is 0.682. The molecule has 2 aliphatic carbocycles. The van der Waals surface area contributed by atoms with Crippen LogP contribution in [0.25, 0.3) is 0 Å². The van der Waals surface area contributed by atoms with E-state index in [0.717, 1.165) is 49.7 Å². The summed E-state index contributed by atoms with van der Waals surface area (Å²) in [5, 5.41) is 0. The van der Waals surface area contributed by atoms with Gasteiger partial charge >= 0.3 is 0 Å². The van der Waals surface area contributed by atoms with Gasteiger partial charge < -0.3 is 9.64 Å². The lowest BCUT2D eigenvalue weighted by Crippen LogP contribution is -2.61. The average molecular weight is 406 g/mol. The van der Waals surface area contributed by atoms with Crippen molar-refractivity contribution in [2.45, 2.75) is 87.0 Å². The monoisotopic (exact) mass is 405 g/mol. The van der Waals surface area contributed by atoms with Crippen molar-refractivity contribution < 1.29 is 17.9 Å². The minimum absolute atomic E-state index is 0.0290. The summed E-state index contributed by atoms with van der Waals surface area (Å²) in [6.45, 7) is 4.73. The molecule has 1 amide bonds. The first-order valence-electron chi connectivity index (χ1n) is 10.6. The highest BCUT2D eigenvalue weighted by molar-refractivity contribution is 7.93. The number of fused-ring (bicyclic) bond motifs is 1. The molecule has 3 fully saturated rings. The standard InChI is InChI=1S/C22H31NO4S/c1-16-9-10-17(2)20(15-16)28(25,26)22(11-5-6-12-22)21(24)23-13-14-27-19-8-4-3-7-18(19)23/h9-10,15,18-19H,3-8,11-14H2,1-2H3. The maximum Gasteiger partial charge on any atom is 0.244 e. The summed E-state index contributed by atoms with van der Waals surface area (Å²) in [5.41, 5.74) is 1.63. The molecular formula is C22H31NO4S. The van der Waals surface area contributed by atoms with Gasteiger partial charge in [-0.3, -0.25) is 4.79 Å². The lowest BCUT2D eigenvalue weighted by molar-refractivity contribution is -0.152. The molecule has 0 aromatic heterocycles. The van der Waals surface area contributed by atoms with Crippen LogP contribution in [-0.4, -0.2) is 49.3 Å². The quantitative estimate of drug-likeness (QED) is 0.771. The van der Waals surface area contributed by atoms with Gasteiger partial charge in [-0.15, -0.1) is 0 Å². The van der Waals surface area contributed by atoms with Gasteiger partial charge in [-0.05, 0) is 56.7 Å². The number of carbonyl (C=O) groups is 1. The Kier molecular flexibility index (Phi) is 5.29. The Labute approximate surface area is 168 Å².